The van der Waals surface area contributed by atoms with Crippen molar-refractivity contribution >= 4 is 11.5 Å². The summed E-state index contributed by atoms with van der Waals surface area (Å²) >= 11 is 0. The first-order chi connectivity index (χ1) is 10.6. The van der Waals surface area contributed by atoms with Crippen LogP contribution in [0.4, 0.5) is 11.5 Å². The average molecular weight is 304 g/mol. The topological polar surface area (TPSA) is 104 Å². The molecule has 0 aliphatic heterocycles. The van der Waals surface area contributed by atoms with E-state index in [2.05, 4.69) is 10.4 Å². The van der Waals surface area contributed by atoms with Crippen molar-refractivity contribution in [3.8, 4) is 0 Å². The lowest BCUT2D eigenvalue weighted by Crippen LogP contribution is -2.27. The maximum Gasteiger partial charge on any atom is 0.253 e. The summed E-state index contributed by atoms with van der Waals surface area (Å²) in [4.78, 5) is 12.2. The van der Waals surface area contributed by atoms with Crippen molar-refractivity contribution in [3.05, 3.63) is 39.9 Å². The van der Waals surface area contributed by atoms with E-state index in [1.54, 1.807) is 15.4 Å². The summed E-state index contributed by atoms with van der Waals surface area (Å²) in [5.74, 6) is 0.678. The molecule has 2 heterocycles. The summed E-state index contributed by atoms with van der Waals surface area (Å²) in [5, 5.41) is 7.57. The van der Waals surface area contributed by atoms with Gasteiger partial charge in [0, 0.05) is 38.4 Å². The molecule has 0 saturated heterocycles. The molecular weight excluding hydrogens is 280 g/mol. The van der Waals surface area contributed by atoms with E-state index in [9.17, 15) is 4.79 Å². The van der Waals surface area contributed by atoms with Gasteiger partial charge in [-0.15, -0.1) is 0 Å². The number of anilines is 2. The van der Waals surface area contributed by atoms with Crippen LogP contribution in [0.25, 0.3) is 0 Å². The van der Waals surface area contributed by atoms with E-state index in [-0.39, 0.29) is 5.56 Å². The molecule has 0 radical (unpaired) electrons. The highest BCUT2D eigenvalue weighted by Crippen LogP contribution is 2.21. The van der Waals surface area contributed by atoms with Crippen molar-refractivity contribution in [2.45, 2.75) is 26.3 Å². The highest BCUT2D eigenvalue weighted by atomic mass is 16.1. The van der Waals surface area contributed by atoms with Crippen molar-refractivity contribution < 1.29 is 0 Å². The lowest BCUT2D eigenvalue weighted by atomic mass is 10.2. The highest BCUT2D eigenvalue weighted by molar-refractivity contribution is 5.64. The molecule has 0 atom stereocenters. The van der Waals surface area contributed by atoms with Crippen molar-refractivity contribution in [1.82, 2.24) is 14.3 Å². The number of aryl methyl sites for hydroxylation is 1. The number of nitrogen functional groups attached to an aromatic ring is 1. The van der Waals surface area contributed by atoms with Crippen molar-refractivity contribution in [1.29, 1.82) is 0 Å². The number of aromatic nitrogens is 3. The van der Waals surface area contributed by atoms with Crippen LogP contribution in [0.1, 0.15) is 18.2 Å². The van der Waals surface area contributed by atoms with Gasteiger partial charge in [0.1, 0.15) is 0 Å². The lowest BCUT2D eigenvalue weighted by molar-refractivity contribution is 0.672. The number of pyridine rings is 1. The zero-order valence-corrected chi connectivity index (χ0v) is 13.2. The van der Waals surface area contributed by atoms with Gasteiger partial charge in [-0.05, 0) is 18.9 Å². The van der Waals surface area contributed by atoms with Gasteiger partial charge in [-0.25, -0.2) is 0 Å². The Morgan fingerprint density at radius 2 is 2.18 bits per heavy atom. The molecule has 7 nitrogen and oxygen atoms in total. The van der Waals surface area contributed by atoms with E-state index >= 15 is 0 Å². The van der Waals surface area contributed by atoms with E-state index in [0.717, 1.165) is 17.7 Å². The van der Waals surface area contributed by atoms with Gasteiger partial charge >= 0.3 is 0 Å². The molecule has 2 aromatic rings. The van der Waals surface area contributed by atoms with Gasteiger partial charge in [0.05, 0.1) is 11.4 Å². The molecule has 0 saturated carbocycles. The smallest absolute Gasteiger partial charge is 0.253 e. The van der Waals surface area contributed by atoms with Gasteiger partial charge in [-0.1, -0.05) is 13.0 Å². The van der Waals surface area contributed by atoms with Crippen LogP contribution >= 0.6 is 0 Å². The molecule has 0 fully saturated rings. The molecule has 0 aliphatic carbocycles. The SMILES string of the molecule is CCc1c(N)c(NCCc2cccn(CCN)c2=O)nn1C. The standard InChI is InChI=1S/C15H24N6O/c1-3-12-13(17)14(19-20(12)2)18-8-6-11-5-4-9-21(10-7-16)15(11)22/h4-5,9H,3,6-8,10,16-17H2,1-2H3,(H,18,19). The van der Waals surface area contributed by atoms with Gasteiger partial charge in [0.25, 0.3) is 5.56 Å². The highest BCUT2D eigenvalue weighted by Gasteiger charge is 2.11. The van der Waals surface area contributed by atoms with Crippen LogP contribution in [-0.4, -0.2) is 27.4 Å². The van der Waals surface area contributed by atoms with Crippen LogP contribution in [0.2, 0.25) is 0 Å². The number of hydrogen-bond donors (Lipinski definition) is 3. The minimum absolute atomic E-state index is 0.0120. The summed E-state index contributed by atoms with van der Waals surface area (Å²) in [6.45, 7) is 3.63. The Morgan fingerprint density at radius 3 is 2.82 bits per heavy atom. The summed E-state index contributed by atoms with van der Waals surface area (Å²) in [7, 11) is 1.88. The predicted octanol–water partition coefficient (Wildman–Crippen LogP) is 0.340. The first kappa shape index (κ1) is 16.1. The zero-order valence-electron chi connectivity index (χ0n) is 13.2. The summed E-state index contributed by atoms with van der Waals surface area (Å²) in [5.41, 5.74) is 14.0. The Balaban J connectivity index is 2.03. The summed E-state index contributed by atoms with van der Waals surface area (Å²) < 4.78 is 3.42. The molecule has 0 aliphatic rings. The van der Waals surface area contributed by atoms with E-state index in [4.69, 9.17) is 11.5 Å². The minimum Gasteiger partial charge on any atom is -0.394 e. The van der Waals surface area contributed by atoms with Crippen LogP contribution < -0.4 is 22.3 Å². The molecule has 0 aromatic carbocycles. The Bertz CT molecular complexity index is 688. The minimum atomic E-state index is 0.0120. The largest absolute Gasteiger partial charge is 0.394 e. The number of nitrogens with zero attached hydrogens (tertiary/aromatic N) is 3. The Morgan fingerprint density at radius 1 is 1.41 bits per heavy atom. The van der Waals surface area contributed by atoms with Gasteiger partial charge < -0.3 is 21.4 Å². The summed E-state index contributed by atoms with van der Waals surface area (Å²) in [6.07, 6.45) is 3.21. The number of nitrogens with one attached hydrogen (secondary N) is 1. The van der Waals surface area contributed by atoms with Crippen LogP contribution in [0.5, 0.6) is 0 Å². The van der Waals surface area contributed by atoms with E-state index in [1.807, 2.05) is 26.1 Å². The third-order valence-electron chi connectivity index (χ3n) is 3.70. The van der Waals surface area contributed by atoms with Crippen molar-refractivity contribution in [2.75, 3.05) is 24.1 Å². The van der Waals surface area contributed by atoms with Crippen LogP contribution in [0.3, 0.4) is 0 Å². The van der Waals surface area contributed by atoms with E-state index in [0.29, 0.717) is 37.6 Å². The van der Waals surface area contributed by atoms with Gasteiger partial charge in [0.15, 0.2) is 5.82 Å². The molecule has 0 bridgehead atoms. The van der Waals surface area contributed by atoms with E-state index < -0.39 is 0 Å². The first-order valence-corrected chi connectivity index (χ1v) is 7.52. The first-order valence-electron chi connectivity index (χ1n) is 7.52. The maximum atomic E-state index is 12.2. The normalized spacial score (nSPS) is 10.9. The monoisotopic (exact) mass is 304 g/mol. The second-order valence-corrected chi connectivity index (χ2v) is 5.18. The number of hydrogen-bond acceptors (Lipinski definition) is 5. The Kier molecular flexibility index (Phi) is 5.21. The Hall–Kier alpha value is -2.28. The van der Waals surface area contributed by atoms with Gasteiger partial charge in [-0.2, -0.15) is 5.10 Å². The molecule has 0 amide bonds. The molecule has 120 valence electrons. The van der Waals surface area contributed by atoms with Crippen molar-refractivity contribution in [2.24, 2.45) is 12.8 Å². The van der Waals surface area contributed by atoms with Crippen molar-refractivity contribution in [3.63, 3.8) is 0 Å². The van der Waals surface area contributed by atoms with Gasteiger partial charge in [-0.3, -0.25) is 9.48 Å². The summed E-state index contributed by atoms with van der Waals surface area (Å²) in [6, 6.07) is 3.72. The fourth-order valence-corrected chi connectivity index (χ4v) is 2.53. The van der Waals surface area contributed by atoms with Crippen LogP contribution in [0, 0.1) is 0 Å². The fraction of sp³-hybridized carbons (Fsp3) is 0.467. The van der Waals surface area contributed by atoms with Crippen LogP contribution in [-0.2, 0) is 26.4 Å². The molecule has 5 N–H and O–H groups in total. The fourth-order valence-electron chi connectivity index (χ4n) is 2.53. The molecule has 0 unspecified atom stereocenters. The molecule has 7 heteroatoms. The maximum absolute atomic E-state index is 12.2. The number of rotatable bonds is 7. The molecular formula is C15H24N6O. The third kappa shape index (κ3) is 3.30. The molecule has 2 aromatic heterocycles. The molecule has 0 spiro atoms. The average Bonchev–Trinajstić information content (AvgIpc) is 2.77. The Labute approximate surface area is 129 Å². The third-order valence-corrected chi connectivity index (χ3v) is 3.70. The molecule has 22 heavy (non-hydrogen) atoms. The zero-order chi connectivity index (χ0) is 16.1. The predicted molar refractivity (Wildman–Crippen MR) is 88.9 cm³/mol. The number of nitrogens with two attached hydrogens (primary N) is 2. The molecule has 2 rings (SSSR count). The second kappa shape index (κ2) is 7.13. The van der Waals surface area contributed by atoms with Gasteiger partial charge in [0.2, 0.25) is 0 Å². The quantitative estimate of drug-likeness (QED) is 0.684. The second-order valence-electron chi connectivity index (χ2n) is 5.18. The van der Waals surface area contributed by atoms with Crippen LogP contribution in [0.15, 0.2) is 23.1 Å². The lowest BCUT2D eigenvalue weighted by Gasteiger charge is -2.07. The van der Waals surface area contributed by atoms with E-state index in [1.165, 1.54) is 0 Å².